The van der Waals surface area contributed by atoms with Gasteiger partial charge in [0.05, 0.1) is 13.7 Å². The number of nitrogens with one attached hydrogen (secondary N) is 2. The van der Waals surface area contributed by atoms with Crippen molar-refractivity contribution < 1.29 is 14.3 Å². The zero-order valence-electron chi connectivity index (χ0n) is 17.8. The van der Waals surface area contributed by atoms with Gasteiger partial charge >= 0.3 is 6.03 Å². The third-order valence-electron chi connectivity index (χ3n) is 5.26. The quantitative estimate of drug-likeness (QED) is 0.669. The van der Waals surface area contributed by atoms with Gasteiger partial charge in [-0.2, -0.15) is 0 Å². The number of hydrogen-bond acceptors (Lipinski definition) is 5. The normalized spacial score (nSPS) is 14.4. The molecule has 0 bridgehead atoms. The maximum absolute atomic E-state index is 12.8. The van der Waals surface area contributed by atoms with Crippen LogP contribution in [0.3, 0.4) is 0 Å². The molecule has 3 amide bonds. The number of carbonyl (C=O) groups is 2. The first kappa shape index (κ1) is 22.1. The maximum Gasteiger partial charge on any atom is 0.322 e. The predicted octanol–water partition coefficient (Wildman–Crippen LogP) is 4.66. The molecule has 0 atom stereocenters. The number of anilines is 1. The fourth-order valence-electron chi connectivity index (χ4n) is 3.50. The highest BCUT2D eigenvalue weighted by Crippen LogP contribution is 2.20. The van der Waals surface area contributed by atoms with E-state index in [1.165, 1.54) is 30.6 Å². The molecule has 0 saturated heterocycles. The molecule has 3 rings (SSSR count). The first-order valence-electron chi connectivity index (χ1n) is 10.4. The van der Waals surface area contributed by atoms with E-state index < -0.39 is 0 Å². The fraction of sp³-hybridized carbons (Fsp3) is 0.500. The van der Waals surface area contributed by atoms with Crippen molar-refractivity contribution in [2.24, 2.45) is 0 Å². The van der Waals surface area contributed by atoms with Gasteiger partial charge in [0.25, 0.3) is 5.91 Å². The summed E-state index contributed by atoms with van der Waals surface area (Å²) in [5.74, 6) is 0.610. The van der Waals surface area contributed by atoms with E-state index in [2.05, 4.69) is 15.6 Å². The minimum Gasteiger partial charge on any atom is -0.497 e. The van der Waals surface area contributed by atoms with Crippen molar-refractivity contribution in [1.29, 1.82) is 0 Å². The highest BCUT2D eigenvalue weighted by molar-refractivity contribution is 7.09. The number of carbonyl (C=O) groups excluding carboxylic acids is 2. The van der Waals surface area contributed by atoms with Crippen LogP contribution in [0, 0.1) is 0 Å². The Morgan fingerprint density at radius 1 is 1.20 bits per heavy atom. The van der Waals surface area contributed by atoms with Crippen LogP contribution in [0.5, 0.6) is 5.75 Å². The van der Waals surface area contributed by atoms with E-state index in [-0.39, 0.29) is 24.0 Å². The van der Waals surface area contributed by atoms with Crippen LogP contribution in [0.25, 0.3) is 0 Å². The minimum absolute atomic E-state index is 0.0216. The molecule has 1 aromatic carbocycles. The van der Waals surface area contributed by atoms with Crippen molar-refractivity contribution in [3.05, 3.63) is 40.3 Å². The van der Waals surface area contributed by atoms with E-state index >= 15 is 0 Å². The van der Waals surface area contributed by atoms with Gasteiger partial charge in [-0.25, -0.2) is 9.78 Å². The summed E-state index contributed by atoms with van der Waals surface area (Å²) in [6.45, 7) is 4.26. The summed E-state index contributed by atoms with van der Waals surface area (Å²) < 4.78 is 5.15. The molecule has 162 valence electrons. The Bertz CT molecular complexity index is 844. The monoisotopic (exact) mass is 430 g/mol. The Labute approximate surface area is 181 Å². The lowest BCUT2D eigenvalue weighted by atomic mass is 9.95. The number of hydrogen-bond donors (Lipinski definition) is 2. The molecule has 0 spiro atoms. The van der Waals surface area contributed by atoms with Gasteiger partial charge in [-0.05, 0) is 51.0 Å². The average Bonchev–Trinajstić information content (AvgIpc) is 3.22. The molecule has 1 heterocycles. The van der Waals surface area contributed by atoms with Crippen molar-refractivity contribution in [3.63, 3.8) is 0 Å². The van der Waals surface area contributed by atoms with Gasteiger partial charge in [-0.1, -0.05) is 19.3 Å². The maximum atomic E-state index is 12.8. The average molecular weight is 431 g/mol. The molecule has 1 aromatic heterocycles. The second-order valence-electron chi connectivity index (χ2n) is 7.82. The van der Waals surface area contributed by atoms with Crippen LogP contribution in [-0.4, -0.2) is 41.0 Å². The van der Waals surface area contributed by atoms with Gasteiger partial charge in [0.15, 0.2) is 0 Å². The lowest BCUT2D eigenvalue weighted by molar-refractivity contribution is 0.0923. The summed E-state index contributed by atoms with van der Waals surface area (Å²) in [6.07, 6.45) is 5.65. The number of nitrogens with zero attached hydrogens (tertiary/aromatic N) is 2. The van der Waals surface area contributed by atoms with E-state index in [0.29, 0.717) is 17.9 Å². The van der Waals surface area contributed by atoms with Crippen molar-refractivity contribution >= 4 is 29.0 Å². The zero-order chi connectivity index (χ0) is 21.5. The van der Waals surface area contributed by atoms with E-state index in [9.17, 15) is 9.59 Å². The molecule has 7 nitrogen and oxygen atoms in total. The second-order valence-corrected chi connectivity index (χ2v) is 8.76. The molecule has 2 aromatic rings. The topological polar surface area (TPSA) is 83.6 Å². The number of benzene rings is 1. The molecular formula is C22H30N4O3S. The molecule has 1 aliphatic carbocycles. The molecule has 8 heteroatoms. The van der Waals surface area contributed by atoms with Crippen molar-refractivity contribution in [2.45, 2.75) is 64.6 Å². The number of methoxy groups -OCH3 is 1. The van der Waals surface area contributed by atoms with Crippen molar-refractivity contribution in [3.8, 4) is 5.75 Å². The largest absolute Gasteiger partial charge is 0.497 e. The second kappa shape index (κ2) is 10.4. The lowest BCUT2D eigenvalue weighted by Gasteiger charge is -2.26. The fourth-order valence-corrected chi connectivity index (χ4v) is 4.27. The third kappa shape index (κ3) is 5.95. The first-order valence-corrected chi connectivity index (χ1v) is 11.3. The molecule has 0 aliphatic heterocycles. The van der Waals surface area contributed by atoms with Crippen LogP contribution in [0.15, 0.2) is 29.6 Å². The smallest absolute Gasteiger partial charge is 0.322 e. The Hall–Kier alpha value is -2.61. The molecule has 30 heavy (non-hydrogen) atoms. The Balaban J connectivity index is 1.60. The van der Waals surface area contributed by atoms with Gasteiger partial charge < -0.3 is 20.3 Å². The summed E-state index contributed by atoms with van der Waals surface area (Å²) in [7, 11) is 1.60. The van der Waals surface area contributed by atoms with Gasteiger partial charge in [-0.15, -0.1) is 11.3 Å². The van der Waals surface area contributed by atoms with Gasteiger partial charge in [0.1, 0.15) is 16.5 Å². The highest BCUT2D eigenvalue weighted by Gasteiger charge is 2.22. The number of thiazole rings is 1. The van der Waals surface area contributed by atoms with Crippen LogP contribution in [-0.2, 0) is 6.54 Å². The van der Waals surface area contributed by atoms with Gasteiger partial charge in [-0.3, -0.25) is 4.79 Å². The van der Waals surface area contributed by atoms with E-state index in [1.54, 1.807) is 41.7 Å². The molecule has 0 unspecified atom stereocenters. The Kier molecular flexibility index (Phi) is 7.68. The molecule has 2 N–H and O–H groups in total. The van der Waals surface area contributed by atoms with Crippen LogP contribution in [0.2, 0.25) is 0 Å². The summed E-state index contributed by atoms with van der Waals surface area (Å²) in [6, 6.07) is 7.21. The minimum atomic E-state index is -0.210. The molecule has 1 saturated carbocycles. The van der Waals surface area contributed by atoms with E-state index in [0.717, 1.165) is 23.6 Å². The number of rotatable bonds is 7. The van der Waals surface area contributed by atoms with Gasteiger partial charge in [0.2, 0.25) is 0 Å². The Morgan fingerprint density at radius 3 is 2.53 bits per heavy atom. The predicted molar refractivity (Wildman–Crippen MR) is 119 cm³/mol. The van der Waals surface area contributed by atoms with Crippen LogP contribution < -0.4 is 15.4 Å². The zero-order valence-corrected chi connectivity index (χ0v) is 18.6. The number of ether oxygens (including phenoxy) is 1. The summed E-state index contributed by atoms with van der Waals surface area (Å²) in [4.78, 5) is 31.5. The number of amides is 3. The summed E-state index contributed by atoms with van der Waals surface area (Å²) in [5, 5.41) is 8.51. The SMILES string of the molecule is COc1ccc(NC(=O)N(Cc2nc(C(=O)NC3CCCCC3)cs2)C(C)C)cc1. The lowest BCUT2D eigenvalue weighted by Crippen LogP contribution is -2.39. The molecule has 1 fully saturated rings. The Morgan fingerprint density at radius 2 is 1.90 bits per heavy atom. The van der Waals surface area contributed by atoms with Crippen molar-refractivity contribution in [1.82, 2.24) is 15.2 Å². The van der Waals surface area contributed by atoms with Crippen LogP contribution in [0.4, 0.5) is 10.5 Å². The summed E-state index contributed by atoms with van der Waals surface area (Å²) >= 11 is 1.40. The van der Waals surface area contributed by atoms with Crippen molar-refractivity contribution in [2.75, 3.05) is 12.4 Å². The summed E-state index contributed by atoms with van der Waals surface area (Å²) in [5.41, 5.74) is 1.12. The number of urea groups is 1. The molecule has 1 aliphatic rings. The van der Waals surface area contributed by atoms with Gasteiger partial charge in [0, 0.05) is 23.2 Å². The van der Waals surface area contributed by atoms with E-state index in [4.69, 9.17) is 4.74 Å². The van der Waals surface area contributed by atoms with Crippen LogP contribution in [0.1, 0.15) is 61.4 Å². The molecular weight excluding hydrogens is 400 g/mol. The standard InChI is InChI=1S/C22H30N4O3S/c1-15(2)26(22(28)24-17-9-11-18(29-3)12-10-17)13-20-25-19(14-30-20)21(27)23-16-7-5-4-6-8-16/h9-12,14-16H,4-8,13H2,1-3H3,(H,23,27)(H,24,28). The molecule has 0 radical (unpaired) electrons. The highest BCUT2D eigenvalue weighted by atomic mass is 32.1. The van der Waals surface area contributed by atoms with Crippen LogP contribution >= 0.6 is 11.3 Å². The first-order chi connectivity index (χ1) is 14.5. The van der Waals surface area contributed by atoms with E-state index in [1.807, 2.05) is 13.8 Å². The number of aromatic nitrogens is 1. The third-order valence-corrected chi connectivity index (χ3v) is 6.09.